The molecule has 1 aromatic heterocycles. The minimum Gasteiger partial charge on any atom is -0.478 e. The molecule has 0 spiro atoms. The first kappa shape index (κ1) is 13.6. The standard InChI is InChI=1S/C12H18N2O3/c1-2-5-14(6-7-15)9-11-4-3-10(8-13-11)12(16)17/h3-4,8,15H,2,5-7,9H2,1H3,(H,16,17). The summed E-state index contributed by atoms with van der Waals surface area (Å²) in [6.45, 7) is 4.33. The maximum absolute atomic E-state index is 10.7. The monoisotopic (exact) mass is 238 g/mol. The van der Waals surface area contributed by atoms with Gasteiger partial charge in [-0.2, -0.15) is 0 Å². The summed E-state index contributed by atoms with van der Waals surface area (Å²) in [5.41, 5.74) is 1.01. The highest BCUT2D eigenvalue weighted by Gasteiger charge is 2.07. The summed E-state index contributed by atoms with van der Waals surface area (Å²) >= 11 is 0. The highest BCUT2D eigenvalue weighted by Crippen LogP contribution is 2.04. The molecule has 0 amide bonds. The molecule has 0 fully saturated rings. The second-order valence-corrected chi connectivity index (χ2v) is 3.84. The number of aromatic carboxylic acids is 1. The lowest BCUT2D eigenvalue weighted by Crippen LogP contribution is -2.27. The van der Waals surface area contributed by atoms with Gasteiger partial charge in [-0.15, -0.1) is 0 Å². The van der Waals surface area contributed by atoms with E-state index < -0.39 is 5.97 Å². The number of carbonyl (C=O) groups is 1. The van der Waals surface area contributed by atoms with Crippen molar-refractivity contribution in [2.24, 2.45) is 0 Å². The predicted molar refractivity (Wildman–Crippen MR) is 63.9 cm³/mol. The number of carboxylic acid groups (broad SMARTS) is 1. The summed E-state index contributed by atoms with van der Waals surface area (Å²) in [6, 6.07) is 3.26. The molecule has 1 rings (SSSR count). The smallest absolute Gasteiger partial charge is 0.337 e. The van der Waals surface area contributed by atoms with Gasteiger partial charge in [-0.25, -0.2) is 4.79 Å². The van der Waals surface area contributed by atoms with Crippen LogP contribution in [0.2, 0.25) is 0 Å². The molecule has 0 aliphatic carbocycles. The van der Waals surface area contributed by atoms with Crippen molar-refractivity contribution in [3.8, 4) is 0 Å². The molecule has 0 saturated carbocycles. The average Bonchev–Trinajstić information content (AvgIpc) is 2.30. The summed E-state index contributed by atoms with van der Waals surface area (Å²) in [5, 5.41) is 17.7. The lowest BCUT2D eigenvalue weighted by Gasteiger charge is -2.19. The van der Waals surface area contributed by atoms with Crippen LogP contribution < -0.4 is 0 Å². The minimum absolute atomic E-state index is 0.118. The van der Waals surface area contributed by atoms with Crippen molar-refractivity contribution < 1.29 is 15.0 Å². The number of carboxylic acids is 1. The third kappa shape index (κ3) is 4.50. The van der Waals surface area contributed by atoms with E-state index in [1.807, 2.05) is 0 Å². The molecular formula is C12H18N2O3. The number of aliphatic hydroxyl groups is 1. The van der Waals surface area contributed by atoms with Gasteiger partial charge in [0, 0.05) is 19.3 Å². The van der Waals surface area contributed by atoms with Gasteiger partial charge in [0.2, 0.25) is 0 Å². The van der Waals surface area contributed by atoms with E-state index in [2.05, 4.69) is 16.8 Å². The minimum atomic E-state index is -0.968. The number of hydrogen-bond acceptors (Lipinski definition) is 4. The van der Waals surface area contributed by atoms with Gasteiger partial charge in [-0.05, 0) is 25.1 Å². The lowest BCUT2D eigenvalue weighted by atomic mass is 10.2. The Morgan fingerprint density at radius 2 is 2.18 bits per heavy atom. The van der Waals surface area contributed by atoms with Gasteiger partial charge in [-0.1, -0.05) is 6.92 Å². The zero-order valence-corrected chi connectivity index (χ0v) is 9.96. The molecular weight excluding hydrogens is 220 g/mol. The first-order valence-corrected chi connectivity index (χ1v) is 5.68. The fourth-order valence-electron chi connectivity index (χ4n) is 1.60. The summed E-state index contributed by atoms with van der Waals surface area (Å²) in [4.78, 5) is 16.8. The second-order valence-electron chi connectivity index (χ2n) is 3.84. The van der Waals surface area contributed by atoms with Crippen LogP contribution in [0.5, 0.6) is 0 Å². The zero-order valence-electron chi connectivity index (χ0n) is 9.96. The predicted octanol–water partition coefficient (Wildman–Crippen LogP) is 0.984. The highest BCUT2D eigenvalue weighted by molar-refractivity contribution is 5.87. The molecule has 0 aliphatic heterocycles. The Morgan fingerprint density at radius 1 is 1.41 bits per heavy atom. The summed E-state index contributed by atoms with van der Waals surface area (Å²) < 4.78 is 0. The maximum Gasteiger partial charge on any atom is 0.337 e. The topological polar surface area (TPSA) is 73.7 Å². The van der Waals surface area contributed by atoms with Gasteiger partial charge in [0.25, 0.3) is 0 Å². The first-order chi connectivity index (χ1) is 8.17. The van der Waals surface area contributed by atoms with Crippen LogP contribution in [0.3, 0.4) is 0 Å². The quantitative estimate of drug-likeness (QED) is 0.741. The van der Waals surface area contributed by atoms with E-state index in [4.69, 9.17) is 10.2 Å². The lowest BCUT2D eigenvalue weighted by molar-refractivity contribution is 0.0696. The van der Waals surface area contributed by atoms with E-state index in [0.717, 1.165) is 18.7 Å². The van der Waals surface area contributed by atoms with Crippen LogP contribution in [0.15, 0.2) is 18.3 Å². The van der Waals surface area contributed by atoms with Crippen LogP contribution >= 0.6 is 0 Å². The van der Waals surface area contributed by atoms with Gasteiger partial charge in [0.1, 0.15) is 0 Å². The van der Waals surface area contributed by atoms with Crippen molar-refractivity contribution in [3.63, 3.8) is 0 Å². The Kier molecular flexibility index (Phi) is 5.59. The fraction of sp³-hybridized carbons (Fsp3) is 0.500. The van der Waals surface area contributed by atoms with Crippen molar-refractivity contribution in [1.82, 2.24) is 9.88 Å². The fourth-order valence-corrected chi connectivity index (χ4v) is 1.60. The Bertz CT molecular complexity index is 345. The average molecular weight is 238 g/mol. The van der Waals surface area contributed by atoms with Gasteiger partial charge in [0.05, 0.1) is 17.9 Å². The Balaban J connectivity index is 2.62. The van der Waals surface area contributed by atoms with Crippen LogP contribution in [0, 0.1) is 0 Å². The molecule has 0 aromatic carbocycles. The third-order valence-corrected chi connectivity index (χ3v) is 2.41. The van der Waals surface area contributed by atoms with E-state index in [-0.39, 0.29) is 12.2 Å². The molecule has 0 unspecified atom stereocenters. The van der Waals surface area contributed by atoms with E-state index in [9.17, 15) is 4.79 Å². The molecule has 17 heavy (non-hydrogen) atoms. The van der Waals surface area contributed by atoms with Crippen molar-refractivity contribution in [2.45, 2.75) is 19.9 Å². The number of rotatable bonds is 7. The van der Waals surface area contributed by atoms with Crippen LogP contribution in [-0.2, 0) is 6.54 Å². The van der Waals surface area contributed by atoms with Crippen LogP contribution in [-0.4, -0.2) is 45.8 Å². The molecule has 0 saturated heterocycles. The molecule has 5 heteroatoms. The van der Waals surface area contributed by atoms with E-state index in [0.29, 0.717) is 13.1 Å². The summed E-state index contributed by atoms with van der Waals surface area (Å²) in [6.07, 6.45) is 2.37. The van der Waals surface area contributed by atoms with E-state index >= 15 is 0 Å². The normalized spacial score (nSPS) is 10.8. The molecule has 1 aromatic rings. The number of aliphatic hydroxyl groups excluding tert-OH is 1. The molecule has 0 bridgehead atoms. The third-order valence-electron chi connectivity index (χ3n) is 2.41. The van der Waals surface area contributed by atoms with Crippen molar-refractivity contribution in [1.29, 1.82) is 0 Å². The van der Waals surface area contributed by atoms with Gasteiger partial charge in [0.15, 0.2) is 0 Å². The van der Waals surface area contributed by atoms with Crippen molar-refractivity contribution in [3.05, 3.63) is 29.6 Å². The Morgan fingerprint density at radius 3 is 2.65 bits per heavy atom. The number of hydrogen-bond donors (Lipinski definition) is 2. The molecule has 0 atom stereocenters. The molecule has 1 heterocycles. The summed E-state index contributed by atoms with van der Waals surface area (Å²) in [7, 11) is 0. The number of nitrogens with zero attached hydrogens (tertiary/aromatic N) is 2. The number of pyridine rings is 1. The molecule has 0 radical (unpaired) electrons. The molecule has 94 valence electrons. The Labute approximate surface area is 101 Å². The van der Waals surface area contributed by atoms with Crippen LogP contribution in [0.25, 0.3) is 0 Å². The van der Waals surface area contributed by atoms with Crippen molar-refractivity contribution in [2.75, 3.05) is 19.7 Å². The molecule has 2 N–H and O–H groups in total. The number of aromatic nitrogens is 1. The SMILES string of the molecule is CCCN(CCO)Cc1ccc(C(=O)O)cn1. The maximum atomic E-state index is 10.7. The van der Waals surface area contributed by atoms with Crippen LogP contribution in [0.4, 0.5) is 0 Å². The van der Waals surface area contributed by atoms with Gasteiger partial charge < -0.3 is 10.2 Å². The molecule has 0 aliphatic rings. The highest BCUT2D eigenvalue weighted by atomic mass is 16.4. The van der Waals surface area contributed by atoms with Gasteiger partial charge in [-0.3, -0.25) is 9.88 Å². The zero-order chi connectivity index (χ0) is 12.7. The second kappa shape index (κ2) is 6.98. The molecule has 5 nitrogen and oxygen atoms in total. The summed E-state index contributed by atoms with van der Waals surface area (Å²) in [5.74, 6) is -0.968. The van der Waals surface area contributed by atoms with Gasteiger partial charge >= 0.3 is 5.97 Å². The van der Waals surface area contributed by atoms with Crippen LogP contribution in [0.1, 0.15) is 29.4 Å². The van der Waals surface area contributed by atoms with E-state index in [1.54, 1.807) is 12.1 Å². The largest absolute Gasteiger partial charge is 0.478 e. The van der Waals surface area contributed by atoms with Crippen molar-refractivity contribution >= 4 is 5.97 Å². The Hall–Kier alpha value is -1.46. The first-order valence-electron chi connectivity index (χ1n) is 5.68. The van der Waals surface area contributed by atoms with E-state index in [1.165, 1.54) is 6.20 Å².